The summed E-state index contributed by atoms with van der Waals surface area (Å²) in [5.74, 6) is 0.570. The van der Waals surface area contributed by atoms with Crippen molar-refractivity contribution in [1.29, 1.82) is 0 Å². The van der Waals surface area contributed by atoms with Gasteiger partial charge in [0, 0.05) is 36.7 Å². The lowest BCUT2D eigenvalue weighted by Gasteiger charge is -2.35. The quantitative estimate of drug-likeness (QED) is 0.229. The summed E-state index contributed by atoms with van der Waals surface area (Å²) in [4.78, 5) is 31.6. The van der Waals surface area contributed by atoms with Gasteiger partial charge in [-0.2, -0.15) is 0 Å². The highest BCUT2D eigenvalue weighted by Gasteiger charge is 2.26. The Morgan fingerprint density at radius 3 is 2.52 bits per heavy atom. The topological polar surface area (TPSA) is 52.6 Å². The van der Waals surface area contributed by atoms with E-state index in [1.54, 1.807) is 11.3 Å². The standard InChI is InChI=1S/C34H43N3O2S/c1-3-4-6-14-30(23-28-12-7-5-8-13-28)26-37(33(38)24-32-16-10-21-40-32)25-29-17-19-36(20-18-29)34(39)35-31-15-9-11-27(2)22-31/h5,7-13,15-16,21-23,29H,3-4,6,14,17-20,24-26H2,1-2H3,(H,35,39). The minimum atomic E-state index is -0.0429. The average Bonchev–Trinajstić information content (AvgIpc) is 3.47. The molecule has 0 unspecified atom stereocenters. The number of amides is 3. The van der Waals surface area contributed by atoms with Crippen molar-refractivity contribution in [2.75, 3.05) is 31.5 Å². The number of hydrogen-bond donors (Lipinski definition) is 1. The molecule has 0 aliphatic carbocycles. The number of aryl methyl sites for hydroxylation is 1. The second-order valence-corrected chi connectivity index (χ2v) is 12.0. The summed E-state index contributed by atoms with van der Waals surface area (Å²) in [7, 11) is 0. The van der Waals surface area contributed by atoms with Crippen molar-refractivity contribution in [3.8, 4) is 0 Å². The normalized spacial score (nSPS) is 14.2. The molecule has 3 aromatic rings. The van der Waals surface area contributed by atoms with Gasteiger partial charge in [-0.15, -0.1) is 11.3 Å². The fourth-order valence-corrected chi connectivity index (χ4v) is 6.01. The molecule has 5 nitrogen and oxygen atoms in total. The van der Waals surface area contributed by atoms with Crippen molar-refractivity contribution in [1.82, 2.24) is 9.80 Å². The maximum Gasteiger partial charge on any atom is 0.321 e. The molecule has 2 aromatic carbocycles. The SMILES string of the molecule is CCCCCC(=Cc1ccccc1)CN(CC1CCN(C(=O)Nc2cccc(C)c2)CC1)C(=O)Cc1cccs1. The minimum Gasteiger partial charge on any atom is -0.338 e. The van der Waals surface area contributed by atoms with Crippen LogP contribution in [0.5, 0.6) is 0 Å². The summed E-state index contributed by atoms with van der Waals surface area (Å²) in [5, 5.41) is 5.08. The fraction of sp³-hybridized carbons (Fsp3) is 0.412. The predicted molar refractivity (Wildman–Crippen MR) is 168 cm³/mol. The van der Waals surface area contributed by atoms with E-state index in [-0.39, 0.29) is 11.9 Å². The van der Waals surface area contributed by atoms with Crippen molar-refractivity contribution < 1.29 is 9.59 Å². The molecule has 1 N–H and O–H groups in total. The lowest BCUT2D eigenvalue weighted by Crippen LogP contribution is -2.45. The van der Waals surface area contributed by atoms with Gasteiger partial charge < -0.3 is 15.1 Å². The first-order valence-corrected chi connectivity index (χ1v) is 15.6. The Balaban J connectivity index is 1.41. The molecule has 6 heteroatoms. The molecule has 0 atom stereocenters. The van der Waals surface area contributed by atoms with Crippen LogP contribution in [0.1, 0.15) is 61.5 Å². The number of piperidine rings is 1. The highest BCUT2D eigenvalue weighted by Crippen LogP contribution is 2.23. The maximum atomic E-state index is 13.6. The van der Waals surface area contributed by atoms with Crippen LogP contribution in [0, 0.1) is 12.8 Å². The lowest BCUT2D eigenvalue weighted by atomic mass is 9.95. The fourth-order valence-electron chi connectivity index (χ4n) is 5.31. The highest BCUT2D eigenvalue weighted by molar-refractivity contribution is 7.10. The van der Waals surface area contributed by atoms with E-state index < -0.39 is 0 Å². The van der Waals surface area contributed by atoms with Crippen LogP contribution in [0.3, 0.4) is 0 Å². The van der Waals surface area contributed by atoms with Crippen LogP contribution >= 0.6 is 11.3 Å². The molecule has 1 fully saturated rings. The summed E-state index contributed by atoms with van der Waals surface area (Å²) in [6.07, 6.45) is 9.03. The number of nitrogens with one attached hydrogen (secondary N) is 1. The van der Waals surface area contributed by atoms with Crippen molar-refractivity contribution in [2.45, 2.75) is 58.8 Å². The third-order valence-corrected chi connectivity index (χ3v) is 8.45. The molecule has 4 rings (SSSR count). The molecule has 1 aliphatic rings. The summed E-state index contributed by atoms with van der Waals surface area (Å²) in [6.45, 7) is 7.06. The van der Waals surface area contributed by atoms with Crippen molar-refractivity contribution in [3.05, 3.63) is 93.7 Å². The molecule has 0 saturated carbocycles. The van der Waals surface area contributed by atoms with Crippen molar-refractivity contribution in [3.63, 3.8) is 0 Å². The van der Waals surface area contributed by atoms with E-state index in [1.807, 2.05) is 59.7 Å². The third kappa shape index (κ3) is 9.37. The zero-order chi connectivity index (χ0) is 28.2. The van der Waals surface area contributed by atoms with Gasteiger partial charge in [0.25, 0.3) is 0 Å². The molecule has 3 amide bonds. The molecular weight excluding hydrogens is 514 g/mol. The number of thiophene rings is 1. The van der Waals surface area contributed by atoms with Crippen molar-refractivity contribution >= 4 is 35.0 Å². The van der Waals surface area contributed by atoms with E-state index in [9.17, 15) is 9.59 Å². The van der Waals surface area contributed by atoms with Gasteiger partial charge in [-0.3, -0.25) is 4.79 Å². The molecule has 1 saturated heterocycles. The maximum absolute atomic E-state index is 13.6. The number of carbonyl (C=O) groups is 2. The van der Waals surface area contributed by atoms with E-state index in [1.165, 1.54) is 24.0 Å². The van der Waals surface area contributed by atoms with Gasteiger partial charge in [0.2, 0.25) is 5.91 Å². The van der Waals surface area contributed by atoms with Gasteiger partial charge in [-0.1, -0.05) is 79.9 Å². The van der Waals surface area contributed by atoms with Crippen LogP contribution in [0.25, 0.3) is 6.08 Å². The molecule has 1 aliphatic heterocycles. The van der Waals surface area contributed by atoms with Gasteiger partial charge in [0.1, 0.15) is 0 Å². The molecular formula is C34H43N3O2S. The van der Waals surface area contributed by atoms with Gasteiger partial charge in [0.05, 0.1) is 6.42 Å². The number of anilines is 1. The second-order valence-electron chi connectivity index (χ2n) is 10.9. The number of rotatable bonds is 12. The number of benzene rings is 2. The first-order valence-electron chi connectivity index (χ1n) is 14.7. The van der Waals surface area contributed by atoms with Crippen molar-refractivity contribution in [2.24, 2.45) is 5.92 Å². The average molecular weight is 558 g/mol. The van der Waals surface area contributed by atoms with Gasteiger partial charge in [-0.25, -0.2) is 4.79 Å². The summed E-state index contributed by atoms with van der Waals surface area (Å²) >= 11 is 1.64. The summed E-state index contributed by atoms with van der Waals surface area (Å²) < 4.78 is 0. The largest absolute Gasteiger partial charge is 0.338 e. The second kappa shape index (κ2) is 15.4. The van der Waals surface area contributed by atoms with E-state index in [0.29, 0.717) is 32.0 Å². The lowest BCUT2D eigenvalue weighted by molar-refractivity contribution is -0.130. The first kappa shape index (κ1) is 29.6. The Kier molecular flexibility index (Phi) is 11.4. The van der Waals surface area contributed by atoms with Crippen LogP contribution in [0.2, 0.25) is 0 Å². The Morgan fingerprint density at radius 2 is 1.82 bits per heavy atom. The van der Waals surface area contributed by atoms with E-state index in [0.717, 1.165) is 48.4 Å². The Morgan fingerprint density at radius 1 is 1.02 bits per heavy atom. The van der Waals surface area contributed by atoms with Crippen LogP contribution in [-0.2, 0) is 11.2 Å². The third-order valence-electron chi connectivity index (χ3n) is 7.57. The van der Waals surface area contributed by atoms with Crippen LogP contribution in [-0.4, -0.2) is 47.9 Å². The molecule has 0 radical (unpaired) electrons. The first-order chi connectivity index (χ1) is 19.5. The molecule has 1 aromatic heterocycles. The van der Waals surface area contributed by atoms with Gasteiger partial charge in [0.15, 0.2) is 0 Å². The van der Waals surface area contributed by atoms with E-state index in [2.05, 4.69) is 47.5 Å². The molecule has 212 valence electrons. The smallest absolute Gasteiger partial charge is 0.321 e. The number of hydrogen-bond acceptors (Lipinski definition) is 3. The van der Waals surface area contributed by atoms with Gasteiger partial charge >= 0.3 is 6.03 Å². The monoisotopic (exact) mass is 557 g/mol. The Bertz CT molecular complexity index is 1230. The number of carbonyl (C=O) groups excluding carboxylic acids is 2. The minimum absolute atomic E-state index is 0.0429. The van der Waals surface area contributed by atoms with Gasteiger partial charge in [-0.05, 0) is 73.2 Å². The van der Waals surface area contributed by atoms with E-state index >= 15 is 0 Å². The Labute approximate surface area is 243 Å². The number of unbranched alkanes of at least 4 members (excludes halogenated alkanes) is 2. The molecule has 40 heavy (non-hydrogen) atoms. The number of likely N-dealkylation sites (tertiary alicyclic amines) is 1. The molecule has 2 heterocycles. The summed E-state index contributed by atoms with van der Waals surface area (Å²) in [5.41, 5.74) is 4.46. The zero-order valence-corrected chi connectivity index (χ0v) is 24.8. The molecule has 0 spiro atoms. The zero-order valence-electron chi connectivity index (χ0n) is 24.0. The molecule has 0 bridgehead atoms. The van der Waals surface area contributed by atoms with Crippen LogP contribution < -0.4 is 5.32 Å². The summed E-state index contributed by atoms with van der Waals surface area (Å²) in [6, 6.07) is 22.4. The van der Waals surface area contributed by atoms with Crippen LogP contribution in [0.4, 0.5) is 10.5 Å². The Hall–Kier alpha value is -3.38. The number of nitrogens with zero attached hydrogens (tertiary/aromatic N) is 2. The number of urea groups is 1. The predicted octanol–water partition coefficient (Wildman–Crippen LogP) is 8.04. The highest BCUT2D eigenvalue weighted by atomic mass is 32.1. The van der Waals surface area contributed by atoms with E-state index in [4.69, 9.17) is 0 Å². The van der Waals surface area contributed by atoms with Crippen LogP contribution in [0.15, 0.2) is 77.7 Å².